The van der Waals surface area contributed by atoms with Crippen LogP contribution >= 0.6 is 0 Å². The van der Waals surface area contributed by atoms with Gasteiger partial charge >= 0.3 is 0 Å². The monoisotopic (exact) mass is 351 g/mol. The number of nitrogens with one attached hydrogen (secondary N) is 1. The molecule has 3 heterocycles. The summed E-state index contributed by atoms with van der Waals surface area (Å²) in [7, 11) is 0. The molecule has 0 atom stereocenters. The first kappa shape index (κ1) is 16.1. The molecule has 0 aliphatic carbocycles. The zero-order valence-electron chi connectivity index (χ0n) is 14.2. The molecule has 0 spiro atoms. The van der Waals surface area contributed by atoms with Gasteiger partial charge in [-0.25, -0.2) is 4.98 Å². The lowest BCUT2D eigenvalue weighted by molar-refractivity contribution is -0.385. The minimum Gasteiger partial charge on any atom is -0.383 e. The molecule has 1 aromatic carbocycles. The standard InChI is InChI=1S/C18H17N5O3/c1-10-15(23(25)26)3-2-12-8-14(21-16(10)12)18(24)22-7-5-11-4-6-20-17(19)13(11)9-22/h2-4,6,8,21H,5,7,9H2,1H3,(H2,19,20). The molecule has 132 valence electrons. The number of hydrogen-bond donors (Lipinski definition) is 2. The molecule has 8 heteroatoms. The second-order valence-corrected chi connectivity index (χ2v) is 6.42. The molecule has 3 N–H and O–H groups in total. The van der Waals surface area contributed by atoms with E-state index in [0.717, 1.165) is 22.9 Å². The summed E-state index contributed by atoms with van der Waals surface area (Å²) in [5.74, 6) is 0.292. The summed E-state index contributed by atoms with van der Waals surface area (Å²) in [6.45, 7) is 2.67. The van der Waals surface area contributed by atoms with Crippen molar-refractivity contribution in [1.82, 2.24) is 14.9 Å². The highest BCUT2D eigenvalue weighted by Gasteiger charge is 2.25. The maximum Gasteiger partial charge on any atom is 0.274 e. The van der Waals surface area contributed by atoms with Gasteiger partial charge in [-0.15, -0.1) is 0 Å². The number of nitrogens with zero attached hydrogens (tertiary/aromatic N) is 3. The summed E-state index contributed by atoms with van der Waals surface area (Å²) in [5.41, 5.74) is 9.52. The van der Waals surface area contributed by atoms with Crippen LogP contribution in [0.1, 0.15) is 27.2 Å². The third kappa shape index (κ3) is 2.46. The van der Waals surface area contributed by atoms with Crippen LogP contribution in [0.15, 0.2) is 30.5 Å². The number of amides is 1. The largest absolute Gasteiger partial charge is 0.383 e. The lowest BCUT2D eigenvalue weighted by Crippen LogP contribution is -2.36. The van der Waals surface area contributed by atoms with Crippen molar-refractivity contribution in [1.29, 1.82) is 0 Å². The number of aromatic nitrogens is 2. The van der Waals surface area contributed by atoms with Crippen LogP contribution in [0.3, 0.4) is 0 Å². The van der Waals surface area contributed by atoms with Gasteiger partial charge in [-0.3, -0.25) is 14.9 Å². The Labute approximate surface area is 148 Å². The molecule has 1 amide bonds. The van der Waals surface area contributed by atoms with Crippen molar-refractivity contribution in [3.63, 3.8) is 0 Å². The lowest BCUT2D eigenvalue weighted by Gasteiger charge is -2.29. The van der Waals surface area contributed by atoms with Crippen LogP contribution in [-0.4, -0.2) is 32.2 Å². The Balaban J connectivity index is 1.68. The summed E-state index contributed by atoms with van der Waals surface area (Å²) in [4.78, 5) is 32.5. The van der Waals surface area contributed by atoms with E-state index in [1.807, 2.05) is 6.07 Å². The summed E-state index contributed by atoms with van der Waals surface area (Å²) >= 11 is 0. The number of nitrogens with two attached hydrogens (primary N) is 1. The molecule has 26 heavy (non-hydrogen) atoms. The third-order valence-corrected chi connectivity index (χ3v) is 4.93. The minimum absolute atomic E-state index is 0.0316. The smallest absolute Gasteiger partial charge is 0.274 e. The van der Waals surface area contributed by atoms with Gasteiger partial charge in [0.15, 0.2) is 0 Å². The Morgan fingerprint density at radius 2 is 2.19 bits per heavy atom. The number of hydrogen-bond acceptors (Lipinski definition) is 5. The molecule has 0 saturated carbocycles. The van der Waals surface area contributed by atoms with Crippen molar-refractivity contribution < 1.29 is 9.72 Å². The van der Waals surface area contributed by atoms with E-state index in [4.69, 9.17) is 5.73 Å². The molecule has 8 nitrogen and oxygen atoms in total. The predicted molar refractivity (Wildman–Crippen MR) is 96.8 cm³/mol. The molecule has 0 unspecified atom stereocenters. The Kier molecular flexibility index (Phi) is 3.61. The molecular formula is C18H17N5O3. The number of aryl methyl sites for hydroxylation is 1. The Bertz CT molecular complexity index is 1060. The van der Waals surface area contributed by atoms with Gasteiger partial charge in [0.1, 0.15) is 11.5 Å². The van der Waals surface area contributed by atoms with Gasteiger partial charge in [0.2, 0.25) is 0 Å². The highest BCUT2D eigenvalue weighted by molar-refractivity contribution is 5.99. The molecule has 3 aromatic rings. The number of nitro groups is 1. The molecule has 0 bridgehead atoms. The zero-order chi connectivity index (χ0) is 18.4. The molecular weight excluding hydrogens is 334 g/mol. The first-order valence-electron chi connectivity index (χ1n) is 8.24. The van der Waals surface area contributed by atoms with Crippen LogP contribution in [0.25, 0.3) is 10.9 Å². The number of nitro benzene ring substituents is 1. The molecule has 2 aromatic heterocycles. The summed E-state index contributed by atoms with van der Waals surface area (Å²) < 4.78 is 0. The van der Waals surface area contributed by atoms with Crippen LogP contribution in [0, 0.1) is 17.0 Å². The quantitative estimate of drug-likeness (QED) is 0.543. The van der Waals surface area contributed by atoms with E-state index in [1.165, 1.54) is 6.07 Å². The maximum atomic E-state index is 12.9. The summed E-state index contributed by atoms with van der Waals surface area (Å²) in [6, 6.07) is 6.78. The fourth-order valence-corrected chi connectivity index (χ4v) is 3.48. The molecule has 1 aliphatic rings. The van der Waals surface area contributed by atoms with Gasteiger partial charge in [-0.1, -0.05) is 0 Å². The van der Waals surface area contributed by atoms with Crippen LogP contribution in [0.5, 0.6) is 0 Å². The zero-order valence-corrected chi connectivity index (χ0v) is 14.2. The molecule has 0 saturated heterocycles. The first-order valence-corrected chi connectivity index (χ1v) is 8.24. The van der Waals surface area contributed by atoms with Crippen molar-refractivity contribution >= 4 is 28.3 Å². The second-order valence-electron chi connectivity index (χ2n) is 6.42. The van der Waals surface area contributed by atoms with Crippen LogP contribution in [0.4, 0.5) is 11.5 Å². The van der Waals surface area contributed by atoms with Crippen LogP contribution in [0.2, 0.25) is 0 Å². The normalized spacial score (nSPS) is 13.7. The number of anilines is 1. The number of fused-ring (bicyclic) bond motifs is 2. The molecule has 0 radical (unpaired) electrons. The number of pyridine rings is 1. The average molecular weight is 351 g/mol. The van der Waals surface area contributed by atoms with E-state index in [2.05, 4.69) is 9.97 Å². The van der Waals surface area contributed by atoms with Gasteiger partial charge in [-0.2, -0.15) is 0 Å². The number of carbonyl (C=O) groups excluding carboxylic acids is 1. The van der Waals surface area contributed by atoms with Crippen molar-refractivity contribution in [3.8, 4) is 0 Å². The van der Waals surface area contributed by atoms with Crippen molar-refractivity contribution in [3.05, 3.63) is 63.0 Å². The minimum atomic E-state index is -0.422. The maximum absolute atomic E-state index is 12.9. The van der Waals surface area contributed by atoms with Crippen molar-refractivity contribution in [2.24, 2.45) is 0 Å². The topological polar surface area (TPSA) is 118 Å². The first-order chi connectivity index (χ1) is 12.5. The third-order valence-electron chi connectivity index (χ3n) is 4.93. The van der Waals surface area contributed by atoms with Crippen LogP contribution < -0.4 is 5.73 Å². The van der Waals surface area contributed by atoms with E-state index < -0.39 is 4.92 Å². The van der Waals surface area contributed by atoms with Crippen molar-refractivity contribution in [2.45, 2.75) is 19.9 Å². The number of benzene rings is 1. The average Bonchev–Trinajstić information content (AvgIpc) is 3.06. The van der Waals surface area contributed by atoms with E-state index in [9.17, 15) is 14.9 Å². The van der Waals surface area contributed by atoms with E-state index >= 15 is 0 Å². The Morgan fingerprint density at radius 1 is 1.38 bits per heavy atom. The SMILES string of the molecule is Cc1c([N+](=O)[O-])ccc2cc(C(=O)N3CCc4ccnc(N)c4C3)[nH]c12. The Morgan fingerprint density at radius 3 is 2.96 bits per heavy atom. The number of nitrogen functional groups attached to an aromatic ring is 1. The predicted octanol–water partition coefficient (Wildman–Crippen LogP) is 2.56. The number of carbonyl (C=O) groups is 1. The molecule has 0 fully saturated rings. The second kappa shape index (κ2) is 5.83. The number of rotatable bonds is 2. The van der Waals surface area contributed by atoms with Gasteiger partial charge < -0.3 is 15.6 Å². The van der Waals surface area contributed by atoms with Crippen molar-refractivity contribution in [2.75, 3.05) is 12.3 Å². The van der Waals surface area contributed by atoms with E-state index in [1.54, 1.807) is 30.2 Å². The van der Waals surface area contributed by atoms with E-state index in [0.29, 0.717) is 35.7 Å². The van der Waals surface area contributed by atoms with Gasteiger partial charge in [0.05, 0.1) is 16.0 Å². The van der Waals surface area contributed by atoms with Gasteiger partial charge in [0, 0.05) is 36.3 Å². The highest BCUT2D eigenvalue weighted by Crippen LogP contribution is 2.29. The van der Waals surface area contributed by atoms with E-state index in [-0.39, 0.29) is 11.6 Å². The lowest BCUT2D eigenvalue weighted by atomic mass is 10.0. The fraction of sp³-hybridized carbons (Fsp3) is 0.222. The fourth-order valence-electron chi connectivity index (χ4n) is 3.48. The van der Waals surface area contributed by atoms with Gasteiger partial charge in [-0.05, 0) is 37.1 Å². The molecule has 4 rings (SSSR count). The number of H-pyrrole nitrogens is 1. The van der Waals surface area contributed by atoms with Crippen LogP contribution in [-0.2, 0) is 13.0 Å². The number of aromatic amines is 1. The van der Waals surface area contributed by atoms with Gasteiger partial charge in [0.25, 0.3) is 11.6 Å². The summed E-state index contributed by atoms with van der Waals surface area (Å²) in [6.07, 6.45) is 2.40. The Hall–Kier alpha value is -3.42. The summed E-state index contributed by atoms with van der Waals surface area (Å²) in [5, 5.41) is 11.9. The highest BCUT2D eigenvalue weighted by atomic mass is 16.6. The molecule has 1 aliphatic heterocycles.